The molecule has 0 saturated carbocycles. The zero-order valence-electron chi connectivity index (χ0n) is 18.0. The van der Waals surface area contributed by atoms with Crippen molar-refractivity contribution >= 4 is 22.7 Å². The molecule has 33 heavy (non-hydrogen) atoms. The lowest BCUT2D eigenvalue weighted by atomic mass is 10.0. The number of ether oxygens (including phenoxy) is 3. The van der Waals surface area contributed by atoms with E-state index < -0.39 is 46.5 Å². The maximum Gasteiger partial charge on any atom is 0.338 e. The van der Waals surface area contributed by atoms with E-state index in [1.807, 2.05) is 6.07 Å². The van der Waals surface area contributed by atoms with Crippen LogP contribution in [0.1, 0.15) is 34.1 Å². The molecule has 5 unspecified atom stereocenters. The molecule has 3 aromatic carbocycles. The summed E-state index contributed by atoms with van der Waals surface area (Å²) in [7, 11) is -1.49. The first-order chi connectivity index (χ1) is 16.0. The molecule has 0 N–H and O–H groups in total. The third kappa shape index (κ3) is 5.56. The van der Waals surface area contributed by atoms with Gasteiger partial charge in [-0.15, -0.1) is 0 Å². The number of hydrogen-bond donors (Lipinski definition) is 0. The van der Waals surface area contributed by atoms with Gasteiger partial charge in [-0.1, -0.05) is 54.6 Å². The Labute approximate surface area is 194 Å². The topological polar surface area (TPSA) is 78.9 Å². The maximum atomic E-state index is 13.1. The average Bonchev–Trinajstić information content (AvgIpc) is 2.87. The molecule has 0 aliphatic carbocycles. The van der Waals surface area contributed by atoms with Crippen LogP contribution in [0.2, 0.25) is 0 Å². The van der Waals surface area contributed by atoms with Gasteiger partial charge in [0.1, 0.15) is 11.5 Å². The number of rotatable bonds is 6. The maximum absolute atomic E-state index is 13.1. The van der Waals surface area contributed by atoms with Gasteiger partial charge in [0.2, 0.25) is 0 Å². The number of benzene rings is 3. The largest absolute Gasteiger partial charge is 0.455 e. The summed E-state index contributed by atoms with van der Waals surface area (Å²) >= 11 is 0. The Kier molecular flexibility index (Phi) is 7.32. The van der Waals surface area contributed by atoms with Crippen LogP contribution in [-0.4, -0.2) is 39.9 Å². The van der Waals surface area contributed by atoms with E-state index in [4.69, 9.17) is 14.2 Å². The highest BCUT2D eigenvalue weighted by Crippen LogP contribution is 2.30. The summed E-state index contributed by atoms with van der Waals surface area (Å²) in [6.07, 6.45) is -2.20. The second-order valence-electron chi connectivity index (χ2n) is 7.66. The van der Waals surface area contributed by atoms with E-state index in [0.717, 1.165) is 0 Å². The van der Waals surface area contributed by atoms with Crippen molar-refractivity contribution in [3.05, 3.63) is 102 Å². The molecule has 5 atom stereocenters. The van der Waals surface area contributed by atoms with Crippen molar-refractivity contribution in [3.63, 3.8) is 0 Å². The molecular weight excluding hydrogens is 440 g/mol. The molecule has 6 nitrogen and oxygen atoms in total. The Balaban J connectivity index is 1.56. The van der Waals surface area contributed by atoms with Gasteiger partial charge in [0.25, 0.3) is 0 Å². The van der Waals surface area contributed by atoms with Gasteiger partial charge in [-0.05, 0) is 43.3 Å². The molecule has 1 saturated heterocycles. The van der Waals surface area contributed by atoms with Crippen LogP contribution in [0, 0.1) is 0 Å². The standard InChI is InChI=1S/C26H24O6S/c1-18-24(32-26(28)20-13-7-3-8-14-20)22(31-25(27)19-11-5-2-6-12-19)17-23(30-18)33(29)21-15-9-4-10-16-21/h2-16,18,22-24H,17H2,1H3. The van der Waals surface area contributed by atoms with Crippen molar-refractivity contribution in [2.75, 3.05) is 0 Å². The molecule has 0 bridgehead atoms. The summed E-state index contributed by atoms with van der Waals surface area (Å²) in [6, 6.07) is 26.1. The summed E-state index contributed by atoms with van der Waals surface area (Å²) in [6.45, 7) is 1.72. The van der Waals surface area contributed by atoms with E-state index in [0.29, 0.717) is 16.0 Å². The molecule has 1 aliphatic rings. The Bertz CT molecular complexity index is 1100. The Morgan fingerprint density at radius 3 is 1.82 bits per heavy atom. The summed E-state index contributed by atoms with van der Waals surface area (Å²) in [5, 5.41) is 0. The number of esters is 2. The van der Waals surface area contributed by atoms with Crippen LogP contribution < -0.4 is 0 Å². The SMILES string of the molecule is CC1OC(S(=O)c2ccccc2)CC(OC(=O)c2ccccc2)C1OC(=O)c1ccccc1. The molecule has 1 aliphatic heterocycles. The molecular formula is C26H24O6S. The van der Waals surface area contributed by atoms with Gasteiger partial charge in [-0.2, -0.15) is 0 Å². The molecule has 0 spiro atoms. The minimum atomic E-state index is -1.49. The Morgan fingerprint density at radius 2 is 1.27 bits per heavy atom. The highest BCUT2D eigenvalue weighted by molar-refractivity contribution is 7.85. The van der Waals surface area contributed by atoms with E-state index >= 15 is 0 Å². The highest BCUT2D eigenvalue weighted by atomic mass is 32.2. The normalized spacial score (nSPS) is 23.3. The lowest BCUT2D eigenvalue weighted by Gasteiger charge is -2.39. The molecule has 3 aromatic rings. The van der Waals surface area contributed by atoms with Gasteiger partial charge >= 0.3 is 11.9 Å². The molecule has 7 heteroatoms. The van der Waals surface area contributed by atoms with E-state index in [1.165, 1.54) is 0 Å². The average molecular weight is 465 g/mol. The van der Waals surface area contributed by atoms with Crippen molar-refractivity contribution in [1.82, 2.24) is 0 Å². The molecule has 0 aromatic heterocycles. The molecule has 0 radical (unpaired) electrons. The number of hydrogen-bond acceptors (Lipinski definition) is 6. The van der Waals surface area contributed by atoms with Crippen LogP contribution >= 0.6 is 0 Å². The number of carbonyl (C=O) groups is 2. The van der Waals surface area contributed by atoms with Crippen LogP contribution in [0.5, 0.6) is 0 Å². The van der Waals surface area contributed by atoms with E-state index in [-0.39, 0.29) is 6.42 Å². The molecule has 1 heterocycles. The predicted molar refractivity (Wildman–Crippen MR) is 123 cm³/mol. The van der Waals surface area contributed by atoms with Crippen molar-refractivity contribution in [1.29, 1.82) is 0 Å². The van der Waals surface area contributed by atoms with Crippen LogP contribution in [0.25, 0.3) is 0 Å². The Hall–Kier alpha value is -3.29. The first kappa shape index (κ1) is 22.9. The lowest BCUT2D eigenvalue weighted by Crippen LogP contribution is -2.51. The first-order valence-electron chi connectivity index (χ1n) is 10.7. The fraction of sp³-hybridized carbons (Fsp3) is 0.231. The summed E-state index contributed by atoms with van der Waals surface area (Å²) < 4.78 is 30.7. The van der Waals surface area contributed by atoms with Crippen LogP contribution in [-0.2, 0) is 25.0 Å². The van der Waals surface area contributed by atoms with Crippen molar-refractivity contribution in [2.45, 2.75) is 42.0 Å². The third-order valence-electron chi connectivity index (χ3n) is 5.36. The third-order valence-corrected chi connectivity index (χ3v) is 6.87. The fourth-order valence-corrected chi connectivity index (χ4v) is 5.04. The Morgan fingerprint density at radius 1 is 0.788 bits per heavy atom. The van der Waals surface area contributed by atoms with E-state index in [1.54, 1.807) is 91.9 Å². The van der Waals surface area contributed by atoms with Crippen LogP contribution in [0.3, 0.4) is 0 Å². The van der Waals surface area contributed by atoms with Gasteiger partial charge in [0.15, 0.2) is 6.10 Å². The van der Waals surface area contributed by atoms with Gasteiger partial charge in [-0.3, -0.25) is 4.21 Å². The van der Waals surface area contributed by atoms with Crippen LogP contribution in [0.4, 0.5) is 0 Å². The molecule has 1 fully saturated rings. The van der Waals surface area contributed by atoms with E-state index in [2.05, 4.69) is 0 Å². The molecule has 170 valence electrons. The predicted octanol–water partition coefficient (Wildman–Crippen LogP) is 4.38. The van der Waals surface area contributed by atoms with Gasteiger partial charge in [0, 0.05) is 11.3 Å². The second kappa shape index (κ2) is 10.6. The van der Waals surface area contributed by atoms with Gasteiger partial charge < -0.3 is 14.2 Å². The summed E-state index contributed by atoms with van der Waals surface area (Å²) in [4.78, 5) is 26.1. The van der Waals surface area contributed by atoms with Crippen molar-refractivity contribution in [3.8, 4) is 0 Å². The van der Waals surface area contributed by atoms with Crippen LogP contribution in [0.15, 0.2) is 95.9 Å². The molecule has 0 amide bonds. The first-order valence-corrected chi connectivity index (χ1v) is 11.9. The zero-order valence-corrected chi connectivity index (χ0v) is 18.9. The summed E-state index contributed by atoms with van der Waals surface area (Å²) in [5.74, 6) is -1.08. The number of carbonyl (C=O) groups excluding carboxylic acids is 2. The fourth-order valence-electron chi connectivity index (χ4n) is 3.68. The van der Waals surface area contributed by atoms with E-state index in [9.17, 15) is 13.8 Å². The van der Waals surface area contributed by atoms with Gasteiger partial charge in [0.05, 0.1) is 28.0 Å². The minimum Gasteiger partial charge on any atom is -0.455 e. The lowest BCUT2D eigenvalue weighted by molar-refractivity contribution is -0.145. The highest BCUT2D eigenvalue weighted by Gasteiger charge is 2.44. The van der Waals surface area contributed by atoms with Crippen molar-refractivity contribution in [2.24, 2.45) is 0 Å². The summed E-state index contributed by atoms with van der Waals surface area (Å²) in [5.41, 5.74) is 0.0426. The monoisotopic (exact) mass is 464 g/mol. The van der Waals surface area contributed by atoms with Gasteiger partial charge in [-0.25, -0.2) is 9.59 Å². The minimum absolute atomic E-state index is 0.122. The molecule has 4 rings (SSSR count). The zero-order chi connectivity index (χ0) is 23.2. The smallest absolute Gasteiger partial charge is 0.338 e. The quantitative estimate of drug-likeness (QED) is 0.504. The van der Waals surface area contributed by atoms with Crippen molar-refractivity contribution < 1.29 is 28.0 Å². The second-order valence-corrected chi connectivity index (χ2v) is 9.25.